The minimum Gasteiger partial charge on any atom is -0.494 e. The molecule has 0 unspecified atom stereocenters. The Bertz CT molecular complexity index is 1460. The lowest BCUT2D eigenvalue weighted by atomic mass is 9.99. The lowest BCUT2D eigenvalue weighted by molar-refractivity contribution is -0.129. The average Bonchev–Trinajstić information content (AvgIpc) is 3.05. The van der Waals surface area contributed by atoms with Gasteiger partial charge in [0.1, 0.15) is 5.75 Å². The van der Waals surface area contributed by atoms with E-state index in [0.29, 0.717) is 35.8 Å². The molecule has 10 heteroatoms. The number of unbranched alkanes of at least 4 members (excludes halogenated alkanes) is 7. The van der Waals surface area contributed by atoms with Crippen LogP contribution in [0, 0.1) is 11.3 Å². The van der Waals surface area contributed by atoms with Gasteiger partial charge in [0.05, 0.1) is 29.5 Å². The molecule has 1 fully saturated rings. The first-order valence-corrected chi connectivity index (χ1v) is 15.7. The predicted molar refractivity (Wildman–Crippen MR) is 171 cm³/mol. The number of nitrogens with one attached hydrogen (secondary N) is 1. The van der Waals surface area contributed by atoms with Crippen molar-refractivity contribution >= 4 is 11.9 Å². The Hall–Kier alpha value is -4.20. The zero-order chi connectivity index (χ0) is 31.3. The van der Waals surface area contributed by atoms with Crippen LogP contribution in [0.5, 0.6) is 5.75 Å². The van der Waals surface area contributed by atoms with Crippen LogP contribution in [0.15, 0.2) is 53.3 Å². The summed E-state index contributed by atoms with van der Waals surface area (Å²) in [6.45, 7) is 2.11. The van der Waals surface area contributed by atoms with Crippen LogP contribution in [0.3, 0.4) is 0 Å². The maximum atomic E-state index is 13.9. The number of carbonyl (C=O) groups is 1. The molecule has 1 aliphatic rings. The molecular formula is C34H44N6O4. The van der Waals surface area contributed by atoms with Gasteiger partial charge in [-0.15, -0.1) is 0 Å². The molecule has 0 radical (unpaired) electrons. The van der Waals surface area contributed by atoms with Crippen molar-refractivity contribution in [1.82, 2.24) is 15.0 Å². The van der Waals surface area contributed by atoms with E-state index in [1.54, 1.807) is 29.2 Å². The highest BCUT2D eigenvalue weighted by Crippen LogP contribution is 2.31. The Morgan fingerprint density at radius 1 is 0.977 bits per heavy atom. The molecule has 1 aromatic heterocycles. The molecule has 234 valence electrons. The fourth-order valence-electron chi connectivity index (χ4n) is 5.56. The zero-order valence-corrected chi connectivity index (χ0v) is 25.6. The molecule has 4 N–H and O–H groups in total. The molecule has 4 rings (SSSR count). The van der Waals surface area contributed by atoms with Crippen molar-refractivity contribution < 1.29 is 14.7 Å². The number of hydroxylamine groups is 1. The number of nitrogens with two attached hydrogens (primary N) is 1. The monoisotopic (exact) mass is 600 g/mol. The third kappa shape index (κ3) is 8.91. The van der Waals surface area contributed by atoms with Crippen LogP contribution in [0.1, 0.15) is 76.2 Å². The molecule has 0 bridgehead atoms. The molecule has 10 nitrogen and oxygen atoms in total. The van der Waals surface area contributed by atoms with Crippen LogP contribution in [-0.2, 0) is 11.8 Å². The normalized spacial score (nSPS) is 13.5. The Morgan fingerprint density at radius 2 is 1.57 bits per heavy atom. The molecule has 44 heavy (non-hydrogen) atoms. The molecule has 0 spiro atoms. The van der Waals surface area contributed by atoms with Gasteiger partial charge in [-0.2, -0.15) is 5.26 Å². The first-order chi connectivity index (χ1) is 21.4. The van der Waals surface area contributed by atoms with E-state index in [4.69, 9.17) is 20.7 Å². The summed E-state index contributed by atoms with van der Waals surface area (Å²) in [4.78, 5) is 32.0. The number of hydrogen-bond donors (Lipinski definition) is 3. The Kier molecular flexibility index (Phi) is 12.3. The summed E-state index contributed by atoms with van der Waals surface area (Å²) in [5.74, 6) is 1.06. The smallest absolute Gasteiger partial charge is 0.263 e. The molecule has 2 heterocycles. The number of anilines is 1. The number of nitrogens with zero attached hydrogens (tertiary/aromatic N) is 4. The van der Waals surface area contributed by atoms with E-state index in [1.807, 2.05) is 36.4 Å². The fraction of sp³-hybridized carbons (Fsp3) is 0.471. The van der Waals surface area contributed by atoms with Crippen LogP contribution < -0.4 is 26.4 Å². The number of piperidine rings is 1. The van der Waals surface area contributed by atoms with E-state index in [-0.39, 0.29) is 17.5 Å². The number of aromatic nitrogens is 2. The van der Waals surface area contributed by atoms with Crippen LogP contribution in [0.2, 0.25) is 0 Å². The van der Waals surface area contributed by atoms with E-state index in [0.717, 1.165) is 94.2 Å². The minimum absolute atomic E-state index is 0.131. The summed E-state index contributed by atoms with van der Waals surface area (Å²) in [6.07, 6.45) is 10.5. The highest BCUT2D eigenvalue weighted by molar-refractivity contribution is 5.81. The summed E-state index contributed by atoms with van der Waals surface area (Å²) < 4.78 is 7.61. The summed E-state index contributed by atoms with van der Waals surface area (Å²) in [7, 11) is 1.77. The number of hydrogen-bond acceptors (Lipinski definition) is 8. The molecule has 0 aliphatic carbocycles. The van der Waals surface area contributed by atoms with Gasteiger partial charge >= 0.3 is 0 Å². The maximum Gasteiger partial charge on any atom is 0.263 e. The zero-order valence-electron chi connectivity index (χ0n) is 25.6. The average molecular weight is 601 g/mol. The first kappa shape index (κ1) is 32.7. The van der Waals surface area contributed by atoms with E-state index in [1.165, 1.54) is 0 Å². The summed E-state index contributed by atoms with van der Waals surface area (Å²) >= 11 is 0. The van der Waals surface area contributed by atoms with Crippen molar-refractivity contribution in [3.8, 4) is 34.2 Å². The Labute approximate surface area is 259 Å². The van der Waals surface area contributed by atoms with E-state index in [9.17, 15) is 14.9 Å². The van der Waals surface area contributed by atoms with Gasteiger partial charge in [0.15, 0.2) is 0 Å². The number of amides is 1. The summed E-state index contributed by atoms with van der Waals surface area (Å²) in [6, 6.07) is 17.1. The third-order valence-corrected chi connectivity index (χ3v) is 8.21. The van der Waals surface area contributed by atoms with E-state index < -0.39 is 0 Å². The Balaban J connectivity index is 1.38. The number of rotatable bonds is 15. The number of ether oxygens (including phenoxy) is 1. The minimum atomic E-state index is -0.318. The van der Waals surface area contributed by atoms with Crippen LogP contribution in [0.25, 0.3) is 22.4 Å². The molecule has 0 saturated carbocycles. The second-order valence-electron chi connectivity index (χ2n) is 11.5. The van der Waals surface area contributed by atoms with Crippen molar-refractivity contribution in [2.75, 3.05) is 24.6 Å². The molecule has 0 atom stereocenters. The van der Waals surface area contributed by atoms with E-state index >= 15 is 0 Å². The second-order valence-corrected chi connectivity index (χ2v) is 11.5. The van der Waals surface area contributed by atoms with Gasteiger partial charge in [0.2, 0.25) is 11.9 Å². The van der Waals surface area contributed by atoms with Gasteiger partial charge in [0, 0.05) is 38.2 Å². The lowest BCUT2D eigenvalue weighted by Crippen LogP contribution is -2.42. The first-order valence-electron chi connectivity index (χ1n) is 15.7. The van der Waals surface area contributed by atoms with Crippen molar-refractivity contribution in [1.29, 1.82) is 5.26 Å². The molecule has 2 aromatic carbocycles. The molecule has 3 aromatic rings. The molecule has 1 aliphatic heterocycles. The van der Waals surface area contributed by atoms with Gasteiger partial charge in [-0.1, -0.05) is 62.8 Å². The molecule has 1 saturated heterocycles. The van der Waals surface area contributed by atoms with Gasteiger partial charge in [-0.25, -0.2) is 10.5 Å². The van der Waals surface area contributed by atoms with Crippen molar-refractivity contribution in [3.63, 3.8) is 0 Å². The topological polar surface area (TPSA) is 146 Å². The number of nitriles is 1. The summed E-state index contributed by atoms with van der Waals surface area (Å²) in [5.41, 5.74) is 10.8. The third-order valence-electron chi connectivity index (χ3n) is 8.21. The fourth-order valence-corrected chi connectivity index (χ4v) is 5.56. The largest absolute Gasteiger partial charge is 0.494 e. The SMILES string of the molecule is Cn1c(N2CCC(N)CC2)nc(-c2ccc(C#N)cc2)c(-c2ccc(OCCCCCCCCCCC(=O)NO)cc2)c1=O. The van der Waals surface area contributed by atoms with Gasteiger partial charge in [-0.3, -0.25) is 19.4 Å². The number of benzene rings is 2. The number of carbonyl (C=O) groups excluding carboxylic acids is 1. The highest BCUT2D eigenvalue weighted by atomic mass is 16.5. The van der Waals surface area contributed by atoms with Crippen LogP contribution >= 0.6 is 0 Å². The summed E-state index contributed by atoms with van der Waals surface area (Å²) in [5, 5.41) is 17.8. The van der Waals surface area contributed by atoms with Gasteiger partial charge < -0.3 is 15.4 Å². The van der Waals surface area contributed by atoms with Gasteiger partial charge in [0.25, 0.3) is 5.56 Å². The van der Waals surface area contributed by atoms with Crippen molar-refractivity contribution in [2.24, 2.45) is 12.8 Å². The van der Waals surface area contributed by atoms with Crippen LogP contribution in [-0.4, -0.2) is 46.4 Å². The van der Waals surface area contributed by atoms with Crippen molar-refractivity contribution in [2.45, 2.75) is 76.7 Å². The maximum absolute atomic E-state index is 13.9. The molecule has 1 amide bonds. The lowest BCUT2D eigenvalue weighted by Gasteiger charge is -2.32. The predicted octanol–water partition coefficient (Wildman–Crippen LogP) is 5.31. The second kappa shape index (κ2) is 16.6. The van der Waals surface area contributed by atoms with E-state index in [2.05, 4.69) is 11.0 Å². The molecular weight excluding hydrogens is 556 g/mol. The van der Waals surface area contributed by atoms with Crippen molar-refractivity contribution in [3.05, 3.63) is 64.4 Å². The quantitative estimate of drug-likeness (QED) is 0.121. The van der Waals surface area contributed by atoms with Gasteiger partial charge in [-0.05, 0) is 55.5 Å². The Morgan fingerprint density at radius 3 is 2.18 bits per heavy atom. The highest BCUT2D eigenvalue weighted by Gasteiger charge is 2.24. The van der Waals surface area contributed by atoms with Crippen LogP contribution in [0.4, 0.5) is 5.95 Å². The standard InChI is InChI=1S/C34H44N6O4/c1-39-33(42)31(32(27-13-11-25(24-35)12-14-27)37-34(39)40-21-19-28(36)20-22-40)26-15-17-29(18-16-26)44-23-9-7-5-3-2-4-6-8-10-30(41)38-43/h11-18,28,43H,2-10,19-23,36H2,1H3,(H,38,41).